The van der Waals surface area contributed by atoms with E-state index in [1.54, 1.807) is 11.1 Å². The predicted molar refractivity (Wildman–Crippen MR) is 214 cm³/mol. The minimum atomic E-state index is -0.0930. The van der Waals surface area contributed by atoms with Crippen molar-refractivity contribution in [3.63, 3.8) is 0 Å². The molecule has 13 rings (SSSR count). The summed E-state index contributed by atoms with van der Waals surface area (Å²) in [6.45, 7) is 4.78. The topological polar surface area (TPSA) is 16.4 Å². The molecule has 0 amide bonds. The summed E-state index contributed by atoms with van der Waals surface area (Å²) in [5.41, 5.74) is 17.1. The van der Waals surface area contributed by atoms with Crippen molar-refractivity contribution in [3.8, 4) is 22.3 Å². The SMILES string of the molecule is CC1(C)c2ccccc2-c2ccc(N(c3ccc4c(c3)oc3ccccc34)c3cccc4c3-c3ccccc3C43C4CCC5CC(C4)CC3C5)cc21. The average Bonchev–Trinajstić information content (AvgIpc) is 3.70. The highest BCUT2D eigenvalue weighted by atomic mass is 16.3. The van der Waals surface area contributed by atoms with E-state index in [0.29, 0.717) is 5.92 Å². The fourth-order valence-corrected chi connectivity index (χ4v) is 12.6. The summed E-state index contributed by atoms with van der Waals surface area (Å²) in [4.78, 5) is 2.56. The smallest absolute Gasteiger partial charge is 0.137 e. The Bertz CT molecular complexity index is 2610. The van der Waals surface area contributed by atoms with Crippen molar-refractivity contribution in [2.45, 2.75) is 63.2 Å². The maximum Gasteiger partial charge on any atom is 0.137 e. The van der Waals surface area contributed by atoms with Crippen molar-refractivity contribution in [3.05, 3.63) is 150 Å². The van der Waals surface area contributed by atoms with E-state index in [4.69, 9.17) is 4.42 Å². The third kappa shape index (κ3) is 3.71. The molecule has 6 aliphatic rings. The number of hydrogen-bond donors (Lipinski definition) is 0. The predicted octanol–water partition coefficient (Wildman–Crippen LogP) is 13.5. The zero-order chi connectivity index (χ0) is 34.3. The molecule has 5 unspecified atom stereocenters. The number of nitrogens with zero attached hydrogens (tertiary/aromatic N) is 1. The molecule has 1 spiro atoms. The Morgan fingerprint density at radius 1 is 0.519 bits per heavy atom. The highest BCUT2D eigenvalue weighted by molar-refractivity contribution is 6.06. The molecule has 6 aromatic carbocycles. The number of para-hydroxylation sites is 1. The van der Waals surface area contributed by atoms with Crippen LogP contribution in [-0.4, -0.2) is 0 Å². The van der Waals surface area contributed by atoms with E-state index >= 15 is 0 Å². The van der Waals surface area contributed by atoms with Gasteiger partial charge < -0.3 is 9.32 Å². The molecule has 0 saturated heterocycles. The number of furan rings is 1. The van der Waals surface area contributed by atoms with Gasteiger partial charge in [-0.15, -0.1) is 0 Å². The Kier molecular flexibility index (Phi) is 5.83. The van der Waals surface area contributed by atoms with E-state index < -0.39 is 0 Å². The van der Waals surface area contributed by atoms with E-state index in [1.807, 2.05) is 0 Å². The lowest BCUT2D eigenvalue weighted by Gasteiger charge is -2.53. The number of anilines is 3. The molecule has 254 valence electrons. The molecule has 0 aliphatic heterocycles. The number of benzene rings is 6. The molecule has 2 nitrogen and oxygen atoms in total. The van der Waals surface area contributed by atoms with E-state index in [9.17, 15) is 0 Å². The Morgan fingerprint density at radius 3 is 2.13 bits per heavy atom. The number of fused-ring (bicyclic) bond motifs is 10. The summed E-state index contributed by atoms with van der Waals surface area (Å²) < 4.78 is 6.55. The van der Waals surface area contributed by atoms with Crippen LogP contribution in [0.5, 0.6) is 0 Å². The maximum absolute atomic E-state index is 6.55. The van der Waals surface area contributed by atoms with Crippen LogP contribution in [0.2, 0.25) is 0 Å². The highest BCUT2D eigenvalue weighted by Gasteiger charge is 2.60. The van der Waals surface area contributed by atoms with Gasteiger partial charge >= 0.3 is 0 Å². The second-order valence-corrected chi connectivity index (χ2v) is 17.3. The van der Waals surface area contributed by atoms with Crippen LogP contribution in [0.3, 0.4) is 0 Å². The van der Waals surface area contributed by atoms with Gasteiger partial charge in [0.2, 0.25) is 0 Å². The lowest BCUT2D eigenvalue weighted by Crippen LogP contribution is -2.48. The Labute approximate surface area is 306 Å². The molecule has 7 aromatic rings. The number of rotatable bonds is 3. The quantitative estimate of drug-likeness (QED) is 0.186. The van der Waals surface area contributed by atoms with Crippen molar-refractivity contribution in [2.75, 3.05) is 4.90 Å². The van der Waals surface area contributed by atoms with Gasteiger partial charge in [0, 0.05) is 44.6 Å². The molecule has 2 heteroatoms. The Balaban J connectivity index is 1.12. The lowest BCUT2D eigenvalue weighted by molar-refractivity contribution is 0.0618. The molecule has 5 atom stereocenters. The van der Waals surface area contributed by atoms with Crippen LogP contribution in [-0.2, 0) is 10.8 Å². The molecular weight excluding hydrogens is 631 g/mol. The van der Waals surface area contributed by atoms with Crippen LogP contribution >= 0.6 is 0 Å². The molecule has 4 fully saturated rings. The average molecular weight is 674 g/mol. The van der Waals surface area contributed by atoms with Gasteiger partial charge in [-0.3, -0.25) is 0 Å². The zero-order valence-corrected chi connectivity index (χ0v) is 30.0. The second kappa shape index (κ2) is 10.3. The highest BCUT2D eigenvalue weighted by Crippen LogP contribution is 2.69. The van der Waals surface area contributed by atoms with Crippen LogP contribution < -0.4 is 4.90 Å². The molecule has 1 aromatic heterocycles. The summed E-state index contributed by atoms with van der Waals surface area (Å²) in [6.07, 6.45) is 8.40. The molecule has 6 aliphatic carbocycles. The summed E-state index contributed by atoms with van der Waals surface area (Å²) in [7, 11) is 0. The first-order chi connectivity index (χ1) is 25.5. The van der Waals surface area contributed by atoms with E-state index in [1.165, 1.54) is 88.7 Å². The first-order valence-electron chi connectivity index (χ1n) is 19.7. The van der Waals surface area contributed by atoms with Gasteiger partial charge in [-0.1, -0.05) is 105 Å². The molecule has 52 heavy (non-hydrogen) atoms. The zero-order valence-electron chi connectivity index (χ0n) is 30.0. The van der Waals surface area contributed by atoms with Crippen LogP contribution in [0.1, 0.15) is 74.6 Å². The second-order valence-electron chi connectivity index (χ2n) is 17.3. The van der Waals surface area contributed by atoms with Gasteiger partial charge in [0.15, 0.2) is 0 Å². The fraction of sp³-hybridized carbons (Fsp3) is 0.280. The first-order valence-corrected chi connectivity index (χ1v) is 19.7. The van der Waals surface area contributed by atoms with E-state index in [2.05, 4.69) is 146 Å². The van der Waals surface area contributed by atoms with Crippen LogP contribution in [0, 0.1) is 23.7 Å². The van der Waals surface area contributed by atoms with Crippen molar-refractivity contribution < 1.29 is 4.42 Å². The summed E-state index contributed by atoms with van der Waals surface area (Å²) in [5, 5.41) is 2.33. The Morgan fingerprint density at radius 2 is 1.21 bits per heavy atom. The van der Waals surface area contributed by atoms with Crippen molar-refractivity contribution >= 4 is 39.0 Å². The molecule has 1 heterocycles. The van der Waals surface area contributed by atoms with Gasteiger partial charge in [-0.25, -0.2) is 0 Å². The molecule has 0 radical (unpaired) electrons. The normalized spacial score (nSPS) is 25.7. The standard InChI is InChI=1S/C50H43NO/c1-49(2)41-13-6-3-10-36(41)37-22-20-34(28-44(37)49)51(35-21-23-39-38-11-5-8-17-46(38)52-47(39)29-35)45-16-9-15-43-48(45)40-12-4-7-14-42(40)50(43)32-19-18-30-24-31(26-32)27-33(50)25-30/h3-17,20-23,28-33H,18-19,24-27H2,1-2H3. The molecule has 0 N–H and O–H groups in total. The minimum Gasteiger partial charge on any atom is -0.456 e. The van der Waals surface area contributed by atoms with Gasteiger partial charge in [0.05, 0.1) is 5.69 Å². The molecule has 4 saturated carbocycles. The van der Waals surface area contributed by atoms with Gasteiger partial charge in [0.25, 0.3) is 0 Å². The van der Waals surface area contributed by atoms with Crippen LogP contribution in [0.15, 0.2) is 132 Å². The van der Waals surface area contributed by atoms with Gasteiger partial charge in [0.1, 0.15) is 11.2 Å². The summed E-state index contributed by atoms with van der Waals surface area (Å²) >= 11 is 0. The summed E-state index contributed by atoms with van der Waals surface area (Å²) in [6, 6.07) is 48.4. The monoisotopic (exact) mass is 673 g/mol. The number of hydrogen-bond acceptors (Lipinski definition) is 2. The van der Waals surface area contributed by atoms with Crippen LogP contribution in [0.4, 0.5) is 17.1 Å². The summed E-state index contributed by atoms with van der Waals surface area (Å²) in [5.74, 6) is 3.24. The largest absolute Gasteiger partial charge is 0.456 e. The van der Waals surface area contributed by atoms with Crippen molar-refractivity contribution in [1.29, 1.82) is 0 Å². The van der Waals surface area contributed by atoms with E-state index in [-0.39, 0.29) is 10.8 Å². The third-order valence-corrected chi connectivity index (χ3v) is 14.5. The van der Waals surface area contributed by atoms with Crippen molar-refractivity contribution in [2.24, 2.45) is 23.7 Å². The Hall–Kier alpha value is -5.08. The minimum absolute atomic E-state index is 0.0930. The van der Waals surface area contributed by atoms with Gasteiger partial charge in [-0.05, 0) is 131 Å². The van der Waals surface area contributed by atoms with Crippen LogP contribution in [0.25, 0.3) is 44.2 Å². The van der Waals surface area contributed by atoms with E-state index in [0.717, 1.165) is 40.0 Å². The third-order valence-electron chi connectivity index (χ3n) is 14.5. The van der Waals surface area contributed by atoms with Crippen molar-refractivity contribution in [1.82, 2.24) is 0 Å². The molecular formula is C50H43NO. The maximum atomic E-state index is 6.55. The van der Waals surface area contributed by atoms with Gasteiger partial charge in [-0.2, -0.15) is 0 Å². The first kappa shape index (κ1) is 29.5. The molecule has 4 bridgehead atoms. The lowest BCUT2D eigenvalue weighted by atomic mass is 9.51. The fourth-order valence-electron chi connectivity index (χ4n) is 12.6.